The molecule has 1 aromatic carbocycles. The van der Waals surface area contributed by atoms with Crippen molar-refractivity contribution in [2.75, 3.05) is 7.11 Å². The van der Waals surface area contributed by atoms with E-state index < -0.39 is 8.32 Å². The molecule has 2 aromatic rings. The van der Waals surface area contributed by atoms with Gasteiger partial charge in [0.2, 0.25) is 0 Å². The van der Waals surface area contributed by atoms with E-state index in [1.54, 1.807) is 10.9 Å². The SMILES string of the molecule is COC(=O)Cc1cnn(-c2cccc(CO[Si](C)(C)C(C)(C)C)c2)c1. The number of nitrogens with zero attached hydrogens (tertiary/aromatic N) is 2. The van der Waals surface area contributed by atoms with Crippen molar-refractivity contribution in [2.45, 2.75) is 51.9 Å². The van der Waals surface area contributed by atoms with E-state index >= 15 is 0 Å². The Labute approximate surface area is 151 Å². The summed E-state index contributed by atoms with van der Waals surface area (Å²) in [6, 6.07) is 8.13. The van der Waals surface area contributed by atoms with Crippen molar-refractivity contribution in [3.8, 4) is 5.69 Å². The summed E-state index contributed by atoms with van der Waals surface area (Å²) < 4.78 is 12.8. The summed E-state index contributed by atoms with van der Waals surface area (Å²) in [6.45, 7) is 11.8. The number of aromatic nitrogens is 2. The van der Waals surface area contributed by atoms with Gasteiger partial charge in [-0.2, -0.15) is 5.10 Å². The fourth-order valence-corrected chi connectivity index (χ4v) is 3.06. The molecule has 0 fully saturated rings. The monoisotopic (exact) mass is 360 g/mol. The van der Waals surface area contributed by atoms with E-state index in [0.717, 1.165) is 16.8 Å². The molecule has 0 saturated carbocycles. The summed E-state index contributed by atoms with van der Waals surface area (Å²) in [5, 5.41) is 4.53. The van der Waals surface area contributed by atoms with Gasteiger partial charge >= 0.3 is 5.97 Å². The van der Waals surface area contributed by atoms with Crippen LogP contribution in [-0.2, 0) is 27.0 Å². The van der Waals surface area contributed by atoms with E-state index in [0.29, 0.717) is 6.61 Å². The van der Waals surface area contributed by atoms with Gasteiger partial charge in [-0.25, -0.2) is 4.68 Å². The van der Waals surface area contributed by atoms with Crippen LogP contribution >= 0.6 is 0 Å². The number of rotatable bonds is 6. The minimum absolute atomic E-state index is 0.190. The zero-order chi connectivity index (χ0) is 18.7. The highest BCUT2D eigenvalue weighted by Crippen LogP contribution is 2.37. The zero-order valence-electron chi connectivity index (χ0n) is 16.0. The third-order valence-electron chi connectivity index (χ3n) is 4.79. The highest BCUT2D eigenvalue weighted by Gasteiger charge is 2.37. The molecule has 0 aliphatic rings. The van der Waals surface area contributed by atoms with Gasteiger partial charge in [-0.15, -0.1) is 0 Å². The number of hydrogen-bond acceptors (Lipinski definition) is 4. The summed E-state index contributed by atoms with van der Waals surface area (Å²) in [5.41, 5.74) is 2.90. The van der Waals surface area contributed by atoms with Gasteiger partial charge in [0.15, 0.2) is 8.32 Å². The molecule has 0 unspecified atom stereocenters. The molecule has 25 heavy (non-hydrogen) atoms. The molecule has 0 N–H and O–H groups in total. The van der Waals surface area contributed by atoms with Crippen molar-refractivity contribution in [1.82, 2.24) is 9.78 Å². The molecule has 2 rings (SSSR count). The van der Waals surface area contributed by atoms with Crippen LogP contribution in [0.15, 0.2) is 36.7 Å². The number of esters is 1. The summed E-state index contributed by atoms with van der Waals surface area (Å²) in [7, 11) is -0.389. The summed E-state index contributed by atoms with van der Waals surface area (Å²) in [6.07, 6.45) is 3.77. The Kier molecular flexibility index (Phi) is 5.85. The fraction of sp³-hybridized carbons (Fsp3) is 0.474. The lowest BCUT2D eigenvalue weighted by Gasteiger charge is -2.36. The van der Waals surface area contributed by atoms with Gasteiger partial charge in [0.1, 0.15) is 0 Å². The molecule has 0 aliphatic heterocycles. The molecule has 0 atom stereocenters. The number of carbonyl (C=O) groups excluding carboxylic acids is 1. The average molecular weight is 361 g/mol. The second kappa shape index (κ2) is 7.54. The minimum atomic E-state index is -1.78. The summed E-state index contributed by atoms with van der Waals surface area (Å²) in [4.78, 5) is 11.4. The summed E-state index contributed by atoms with van der Waals surface area (Å²) in [5.74, 6) is -0.268. The van der Waals surface area contributed by atoms with Crippen molar-refractivity contribution >= 4 is 14.3 Å². The van der Waals surface area contributed by atoms with E-state index in [-0.39, 0.29) is 17.4 Å². The molecule has 0 spiro atoms. The molecule has 0 saturated heterocycles. The second-order valence-corrected chi connectivity index (χ2v) is 12.6. The smallest absolute Gasteiger partial charge is 0.310 e. The van der Waals surface area contributed by atoms with Gasteiger partial charge in [0.05, 0.1) is 32.0 Å². The lowest BCUT2D eigenvalue weighted by molar-refractivity contribution is -0.139. The predicted octanol–water partition coefficient (Wildman–Crippen LogP) is 4.11. The zero-order valence-corrected chi connectivity index (χ0v) is 17.0. The van der Waals surface area contributed by atoms with E-state index in [2.05, 4.69) is 51.1 Å². The molecule has 0 bridgehead atoms. The first-order valence-corrected chi connectivity index (χ1v) is 11.4. The van der Waals surface area contributed by atoms with Crippen LogP contribution in [0.5, 0.6) is 0 Å². The molecule has 0 radical (unpaired) electrons. The Hall–Kier alpha value is -1.92. The highest BCUT2D eigenvalue weighted by molar-refractivity contribution is 6.74. The van der Waals surface area contributed by atoms with Crippen LogP contribution in [-0.4, -0.2) is 31.2 Å². The maximum Gasteiger partial charge on any atom is 0.310 e. The first-order valence-electron chi connectivity index (χ1n) is 8.46. The molecular formula is C19H28N2O3Si. The Morgan fingerprint density at radius 1 is 1.24 bits per heavy atom. The van der Waals surface area contributed by atoms with Crippen LogP contribution in [0.25, 0.3) is 5.69 Å². The van der Waals surface area contributed by atoms with Crippen molar-refractivity contribution in [1.29, 1.82) is 0 Å². The number of carbonyl (C=O) groups is 1. The lowest BCUT2D eigenvalue weighted by atomic mass is 10.2. The predicted molar refractivity (Wildman–Crippen MR) is 101 cm³/mol. The van der Waals surface area contributed by atoms with Crippen LogP contribution in [0.4, 0.5) is 0 Å². The van der Waals surface area contributed by atoms with Crippen molar-refractivity contribution in [2.24, 2.45) is 0 Å². The molecule has 5 nitrogen and oxygen atoms in total. The molecule has 1 aromatic heterocycles. The van der Waals surface area contributed by atoms with E-state index in [1.807, 2.05) is 18.3 Å². The molecule has 136 valence electrons. The van der Waals surface area contributed by atoms with E-state index in [4.69, 9.17) is 9.16 Å². The number of benzene rings is 1. The number of hydrogen-bond donors (Lipinski definition) is 0. The van der Waals surface area contributed by atoms with Crippen LogP contribution in [0, 0.1) is 0 Å². The van der Waals surface area contributed by atoms with Gasteiger partial charge in [0.25, 0.3) is 0 Å². The largest absolute Gasteiger partial charge is 0.469 e. The van der Waals surface area contributed by atoms with Gasteiger partial charge < -0.3 is 9.16 Å². The van der Waals surface area contributed by atoms with Crippen LogP contribution in [0.3, 0.4) is 0 Å². The normalized spacial score (nSPS) is 12.2. The van der Waals surface area contributed by atoms with E-state index in [9.17, 15) is 4.79 Å². The van der Waals surface area contributed by atoms with E-state index in [1.165, 1.54) is 7.11 Å². The number of methoxy groups -OCH3 is 1. The van der Waals surface area contributed by atoms with Crippen LogP contribution in [0.1, 0.15) is 31.9 Å². The fourth-order valence-electron chi connectivity index (χ4n) is 2.10. The molecule has 1 heterocycles. The lowest BCUT2D eigenvalue weighted by Crippen LogP contribution is -2.40. The molecule has 0 amide bonds. The minimum Gasteiger partial charge on any atom is -0.469 e. The maximum atomic E-state index is 11.4. The van der Waals surface area contributed by atoms with Crippen molar-refractivity contribution < 1.29 is 14.0 Å². The number of ether oxygens (including phenoxy) is 1. The maximum absolute atomic E-state index is 11.4. The molecular weight excluding hydrogens is 332 g/mol. The Bertz CT molecular complexity index is 732. The Balaban J connectivity index is 2.10. The van der Waals surface area contributed by atoms with Crippen LogP contribution < -0.4 is 0 Å². The molecule has 0 aliphatic carbocycles. The average Bonchev–Trinajstić information content (AvgIpc) is 3.00. The standard InChI is InChI=1S/C19H28N2O3Si/c1-19(2,3)25(5,6)24-14-15-8-7-9-17(10-15)21-13-16(12-20-21)11-18(22)23-4/h7-10,12-13H,11,14H2,1-6H3. The topological polar surface area (TPSA) is 53.3 Å². The Morgan fingerprint density at radius 2 is 1.96 bits per heavy atom. The quantitative estimate of drug-likeness (QED) is 0.575. The second-order valence-electron chi connectivity index (χ2n) is 7.76. The molecule has 6 heteroatoms. The summed E-state index contributed by atoms with van der Waals surface area (Å²) >= 11 is 0. The van der Waals surface area contributed by atoms with Crippen LogP contribution in [0.2, 0.25) is 18.1 Å². The first kappa shape index (κ1) is 19.4. The first-order chi connectivity index (χ1) is 11.6. The Morgan fingerprint density at radius 3 is 2.60 bits per heavy atom. The van der Waals surface area contributed by atoms with Gasteiger partial charge in [-0.1, -0.05) is 32.9 Å². The van der Waals surface area contributed by atoms with Gasteiger partial charge in [-0.3, -0.25) is 4.79 Å². The van der Waals surface area contributed by atoms with Crippen molar-refractivity contribution in [3.05, 3.63) is 47.8 Å². The highest BCUT2D eigenvalue weighted by atomic mass is 28.4. The van der Waals surface area contributed by atoms with Crippen molar-refractivity contribution in [3.63, 3.8) is 0 Å². The third kappa shape index (κ3) is 5.03. The van der Waals surface area contributed by atoms with Gasteiger partial charge in [0, 0.05) is 11.8 Å². The van der Waals surface area contributed by atoms with Gasteiger partial charge in [-0.05, 0) is 35.8 Å². The third-order valence-corrected chi connectivity index (χ3v) is 9.27.